The van der Waals surface area contributed by atoms with Gasteiger partial charge in [-0.3, -0.25) is 9.20 Å². The highest BCUT2D eigenvalue weighted by Crippen LogP contribution is 2.39. The van der Waals surface area contributed by atoms with E-state index in [1.807, 2.05) is 24.5 Å². The number of ketones is 1. The van der Waals surface area contributed by atoms with Gasteiger partial charge >= 0.3 is 0 Å². The third-order valence-electron chi connectivity index (χ3n) is 7.98. The number of aromatic nitrogens is 3. The average molecular weight is 526 g/mol. The Balaban J connectivity index is 1.39. The molecule has 0 spiro atoms. The lowest BCUT2D eigenvalue weighted by molar-refractivity contribution is 0.101. The van der Waals surface area contributed by atoms with Crippen molar-refractivity contribution < 1.29 is 14.3 Å². The Morgan fingerprint density at radius 1 is 1.26 bits per heavy atom. The van der Waals surface area contributed by atoms with Gasteiger partial charge in [-0.05, 0) is 68.1 Å². The van der Waals surface area contributed by atoms with Gasteiger partial charge in [0.1, 0.15) is 17.6 Å². The SMILES string of the molecule is CCc1c(-c2cnc3cc(C)ccn23)ccc(Nc2ccc([C@@]3(C)CCOC3)c(OC3CNC3)n2)c1C(C)=O. The van der Waals surface area contributed by atoms with Gasteiger partial charge in [0.25, 0.3) is 0 Å². The fraction of sp³-hybridized carbons (Fsp3) is 0.387. The number of fused-ring (bicyclic) bond motifs is 1. The number of imidazole rings is 1. The first-order valence-electron chi connectivity index (χ1n) is 13.7. The van der Waals surface area contributed by atoms with E-state index in [1.165, 1.54) is 0 Å². The van der Waals surface area contributed by atoms with E-state index >= 15 is 0 Å². The molecule has 0 radical (unpaired) electrons. The quantitative estimate of drug-likeness (QED) is 0.304. The summed E-state index contributed by atoms with van der Waals surface area (Å²) in [5, 5.41) is 6.71. The number of Topliss-reactive ketones (excluding diaryl/α,β-unsaturated/α-hetero) is 1. The first-order valence-corrected chi connectivity index (χ1v) is 13.7. The van der Waals surface area contributed by atoms with Crippen LogP contribution in [-0.2, 0) is 16.6 Å². The Hall–Kier alpha value is -3.75. The van der Waals surface area contributed by atoms with Gasteiger partial charge in [-0.1, -0.05) is 19.9 Å². The lowest BCUT2D eigenvalue weighted by atomic mass is 9.82. The molecule has 8 nitrogen and oxygen atoms in total. The Labute approximate surface area is 228 Å². The van der Waals surface area contributed by atoms with E-state index < -0.39 is 0 Å². The summed E-state index contributed by atoms with van der Waals surface area (Å²) in [5.41, 5.74) is 7.34. The molecule has 1 aromatic carbocycles. The summed E-state index contributed by atoms with van der Waals surface area (Å²) in [6.45, 7) is 11.0. The molecule has 3 aromatic heterocycles. The zero-order valence-electron chi connectivity index (χ0n) is 23.0. The number of hydrogen-bond donors (Lipinski definition) is 2. The number of nitrogens with one attached hydrogen (secondary N) is 2. The van der Waals surface area contributed by atoms with Crippen LogP contribution in [0, 0.1) is 6.92 Å². The zero-order chi connectivity index (χ0) is 27.1. The molecule has 5 heterocycles. The van der Waals surface area contributed by atoms with Crippen molar-refractivity contribution in [1.29, 1.82) is 0 Å². The lowest BCUT2D eigenvalue weighted by Gasteiger charge is -2.31. The van der Waals surface area contributed by atoms with Crippen LogP contribution in [0.5, 0.6) is 5.88 Å². The Morgan fingerprint density at radius 3 is 2.79 bits per heavy atom. The summed E-state index contributed by atoms with van der Waals surface area (Å²) in [4.78, 5) is 22.6. The zero-order valence-corrected chi connectivity index (χ0v) is 23.0. The van der Waals surface area contributed by atoms with Crippen LogP contribution >= 0.6 is 0 Å². The minimum absolute atomic E-state index is 0.00474. The first-order chi connectivity index (χ1) is 18.9. The van der Waals surface area contributed by atoms with E-state index in [9.17, 15) is 4.79 Å². The van der Waals surface area contributed by atoms with Crippen molar-refractivity contribution in [2.75, 3.05) is 31.6 Å². The second kappa shape index (κ2) is 10.1. The van der Waals surface area contributed by atoms with Crippen LogP contribution < -0.4 is 15.4 Å². The molecule has 0 bridgehead atoms. The van der Waals surface area contributed by atoms with Crippen LogP contribution in [-0.4, -0.2) is 52.6 Å². The summed E-state index contributed by atoms with van der Waals surface area (Å²) in [6.07, 6.45) is 5.65. The number of aryl methyl sites for hydroxylation is 1. The van der Waals surface area contributed by atoms with Crippen LogP contribution in [0.2, 0.25) is 0 Å². The van der Waals surface area contributed by atoms with Crippen LogP contribution in [0.4, 0.5) is 11.5 Å². The van der Waals surface area contributed by atoms with Gasteiger partial charge in [0, 0.05) is 48.0 Å². The highest BCUT2D eigenvalue weighted by atomic mass is 16.5. The van der Waals surface area contributed by atoms with Gasteiger partial charge in [-0.2, -0.15) is 4.98 Å². The minimum atomic E-state index is -0.133. The third kappa shape index (κ3) is 4.68. The van der Waals surface area contributed by atoms with Crippen LogP contribution in [0.3, 0.4) is 0 Å². The number of hydrogen-bond acceptors (Lipinski definition) is 7. The molecule has 1 atom stereocenters. The van der Waals surface area contributed by atoms with E-state index in [2.05, 4.69) is 65.1 Å². The van der Waals surface area contributed by atoms with Gasteiger partial charge in [-0.25, -0.2) is 4.98 Å². The second-order valence-corrected chi connectivity index (χ2v) is 10.9. The number of anilines is 2. The van der Waals surface area contributed by atoms with Gasteiger partial charge in [0.05, 0.1) is 24.2 Å². The van der Waals surface area contributed by atoms with Crippen molar-refractivity contribution in [3.8, 4) is 17.1 Å². The highest BCUT2D eigenvalue weighted by Gasteiger charge is 2.36. The molecule has 2 N–H and O–H groups in total. The van der Waals surface area contributed by atoms with Gasteiger partial charge in [0.15, 0.2) is 5.78 Å². The second-order valence-electron chi connectivity index (χ2n) is 10.9. The molecule has 2 saturated heterocycles. The molecule has 39 heavy (non-hydrogen) atoms. The van der Waals surface area contributed by atoms with Gasteiger partial charge < -0.3 is 20.1 Å². The van der Waals surface area contributed by atoms with E-state index in [4.69, 9.17) is 14.5 Å². The van der Waals surface area contributed by atoms with Crippen LogP contribution in [0.15, 0.2) is 48.8 Å². The van der Waals surface area contributed by atoms with Crippen LogP contribution in [0.25, 0.3) is 16.9 Å². The minimum Gasteiger partial charge on any atom is -0.471 e. The Morgan fingerprint density at radius 2 is 2.10 bits per heavy atom. The molecule has 2 fully saturated rings. The average Bonchev–Trinajstić information content (AvgIpc) is 3.52. The number of carbonyl (C=O) groups is 1. The molecule has 4 aromatic rings. The predicted molar refractivity (Wildman–Crippen MR) is 152 cm³/mol. The van der Waals surface area contributed by atoms with Crippen molar-refractivity contribution >= 4 is 22.9 Å². The number of pyridine rings is 2. The standard InChI is InChI=1S/C31H35N5O3/c1-5-22-23(26-17-33-28-14-19(2)10-12-36(26)28)6-8-25(29(22)20(3)37)34-27-9-7-24(31(4)11-13-38-18-31)30(35-27)39-21-15-32-16-21/h6-10,12,14,17,21,32H,5,11,13,15-16,18H2,1-4H3,(H,34,35)/t31-/m0/s1. The number of rotatable bonds is 8. The number of nitrogens with zero attached hydrogens (tertiary/aromatic N) is 3. The summed E-state index contributed by atoms with van der Waals surface area (Å²) in [5.74, 6) is 1.29. The summed E-state index contributed by atoms with van der Waals surface area (Å²) >= 11 is 0. The van der Waals surface area contributed by atoms with Crippen molar-refractivity contribution in [2.24, 2.45) is 0 Å². The smallest absolute Gasteiger partial charge is 0.219 e. The fourth-order valence-corrected chi connectivity index (χ4v) is 5.62. The lowest BCUT2D eigenvalue weighted by Crippen LogP contribution is -2.50. The number of benzene rings is 1. The monoisotopic (exact) mass is 525 g/mol. The predicted octanol–water partition coefficient (Wildman–Crippen LogP) is 5.24. The topological polar surface area (TPSA) is 89.8 Å². The van der Waals surface area contributed by atoms with Crippen LogP contribution in [0.1, 0.15) is 54.2 Å². The molecule has 0 amide bonds. The van der Waals surface area contributed by atoms with Gasteiger partial charge in [-0.15, -0.1) is 0 Å². The fourth-order valence-electron chi connectivity index (χ4n) is 5.62. The Bertz CT molecular complexity index is 1550. The van der Waals surface area contributed by atoms with E-state index in [0.29, 0.717) is 30.3 Å². The van der Waals surface area contributed by atoms with Crippen molar-refractivity contribution in [1.82, 2.24) is 19.7 Å². The largest absolute Gasteiger partial charge is 0.471 e. The van der Waals surface area contributed by atoms with E-state index in [-0.39, 0.29) is 17.3 Å². The van der Waals surface area contributed by atoms with Crippen molar-refractivity contribution in [3.63, 3.8) is 0 Å². The maximum atomic E-state index is 13.1. The molecular formula is C31H35N5O3. The molecule has 8 heteroatoms. The van der Waals surface area contributed by atoms with Gasteiger partial charge in [0.2, 0.25) is 5.88 Å². The molecule has 6 rings (SSSR count). The van der Waals surface area contributed by atoms with Crippen molar-refractivity contribution in [3.05, 3.63) is 71.0 Å². The molecule has 0 saturated carbocycles. The normalized spacial score (nSPS) is 19.3. The van der Waals surface area contributed by atoms with E-state index in [0.717, 1.165) is 65.4 Å². The molecule has 2 aliphatic heterocycles. The molecule has 2 aliphatic rings. The summed E-state index contributed by atoms with van der Waals surface area (Å²) in [6, 6.07) is 12.2. The number of ether oxygens (including phenoxy) is 2. The molecule has 0 unspecified atom stereocenters. The summed E-state index contributed by atoms with van der Waals surface area (Å²) < 4.78 is 14.1. The first kappa shape index (κ1) is 25.5. The maximum absolute atomic E-state index is 13.1. The van der Waals surface area contributed by atoms with Crippen molar-refractivity contribution in [2.45, 2.75) is 52.1 Å². The van der Waals surface area contributed by atoms with E-state index in [1.54, 1.807) is 6.92 Å². The number of carbonyl (C=O) groups excluding carboxylic acids is 1. The highest BCUT2D eigenvalue weighted by molar-refractivity contribution is 6.03. The maximum Gasteiger partial charge on any atom is 0.219 e. The summed E-state index contributed by atoms with van der Waals surface area (Å²) in [7, 11) is 0. The molecular weight excluding hydrogens is 490 g/mol. The Kier molecular flexibility index (Phi) is 6.61. The molecule has 202 valence electrons. The molecule has 0 aliphatic carbocycles. The third-order valence-corrected chi connectivity index (χ3v) is 7.98.